The summed E-state index contributed by atoms with van der Waals surface area (Å²) < 4.78 is 0. The Morgan fingerprint density at radius 2 is 1.73 bits per heavy atom. The first kappa shape index (κ1) is 28.3. The van der Waals surface area contributed by atoms with Gasteiger partial charge >= 0.3 is 0 Å². The Kier molecular flexibility index (Phi) is 6.88. The van der Waals surface area contributed by atoms with Gasteiger partial charge in [-0.15, -0.1) is 0 Å². The second-order valence-electron chi connectivity index (χ2n) is 11.7. The summed E-state index contributed by atoms with van der Waals surface area (Å²) in [5.41, 5.74) is 6.87. The molecular formula is C32H35N3O6. The van der Waals surface area contributed by atoms with Crippen molar-refractivity contribution >= 4 is 23.1 Å². The van der Waals surface area contributed by atoms with Gasteiger partial charge < -0.3 is 31.1 Å². The zero-order chi connectivity index (χ0) is 30.0. The molecule has 2 aromatic carbocycles. The Hall–Kier alpha value is -4.26. The van der Waals surface area contributed by atoms with Crippen LogP contribution in [0.1, 0.15) is 40.7 Å². The van der Waals surface area contributed by atoms with E-state index in [-0.39, 0.29) is 40.2 Å². The van der Waals surface area contributed by atoms with E-state index < -0.39 is 47.3 Å². The van der Waals surface area contributed by atoms with Crippen molar-refractivity contribution in [2.45, 2.75) is 37.8 Å². The first-order chi connectivity index (χ1) is 19.3. The van der Waals surface area contributed by atoms with Crippen LogP contribution in [-0.4, -0.2) is 76.9 Å². The van der Waals surface area contributed by atoms with E-state index in [2.05, 4.69) is 11.8 Å². The number of phenols is 1. The van der Waals surface area contributed by atoms with E-state index in [9.17, 15) is 30.0 Å². The number of nitrogens with two attached hydrogens (primary N) is 1. The zero-order valence-corrected chi connectivity index (χ0v) is 23.8. The lowest BCUT2D eigenvalue weighted by atomic mass is 9.57. The Bertz CT molecular complexity index is 1590. The summed E-state index contributed by atoms with van der Waals surface area (Å²) in [7, 11) is 7.08. The summed E-state index contributed by atoms with van der Waals surface area (Å²) in [6.45, 7) is 1.98. The van der Waals surface area contributed by atoms with Crippen molar-refractivity contribution in [2.75, 3.05) is 33.1 Å². The number of primary amides is 1. The second-order valence-corrected chi connectivity index (χ2v) is 11.7. The van der Waals surface area contributed by atoms with E-state index in [0.717, 1.165) is 16.8 Å². The third kappa shape index (κ3) is 4.44. The highest BCUT2D eigenvalue weighted by Gasteiger charge is 2.60. The Morgan fingerprint density at radius 1 is 1.07 bits per heavy atom. The number of Topliss-reactive ketones (excluding diaryl/α,β-unsaturated/α-hetero) is 1. The Morgan fingerprint density at radius 3 is 2.32 bits per heavy atom. The molecule has 214 valence electrons. The maximum Gasteiger partial charge on any atom is 0.248 e. The van der Waals surface area contributed by atoms with Gasteiger partial charge in [0.15, 0.2) is 5.78 Å². The van der Waals surface area contributed by atoms with Gasteiger partial charge in [-0.2, -0.15) is 0 Å². The average molecular weight is 558 g/mol. The number of aryl methyl sites for hydroxylation is 1. The van der Waals surface area contributed by atoms with Crippen LogP contribution in [0.2, 0.25) is 0 Å². The molecule has 1 fully saturated rings. The topological polar surface area (TPSA) is 148 Å². The van der Waals surface area contributed by atoms with Crippen molar-refractivity contribution in [2.24, 2.45) is 17.6 Å². The molecule has 0 aliphatic heterocycles. The quantitative estimate of drug-likeness (QED) is 0.362. The van der Waals surface area contributed by atoms with Gasteiger partial charge in [-0.3, -0.25) is 14.5 Å². The highest BCUT2D eigenvalue weighted by molar-refractivity contribution is 6.10. The number of hydrogen-bond donors (Lipinski definition) is 5. The van der Waals surface area contributed by atoms with Crippen LogP contribution in [0.5, 0.6) is 5.75 Å². The van der Waals surface area contributed by atoms with Crippen LogP contribution in [0.3, 0.4) is 0 Å². The molecule has 6 N–H and O–H groups in total. The lowest BCUT2D eigenvalue weighted by molar-refractivity contribution is -0.151. The molecule has 0 radical (unpaired) electrons. The van der Waals surface area contributed by atoms with Crippen molar-refractivity contribution in [3.63, 3.8) is 0 Å². The lowest BCUT2D eigenvalue weighted by Crippen LogP contribution is -2.62. The molecule has 9 heteroatoms. The van der Waals surface area contributed by atoms with Gasteiger partial charge in [-0.1, -0.05) is 29.5 Å². The number of ketones is 1. The van der Waals surface area contributed by atoms with Gasteiger partial charge in [0.2, 0.25) is 5.91 Å². The molecular weight excluding hydrogens is 522 g/mol. The number of aromatic hydroxyl groups is 1. The SMILES string of the molecule is Cc1ccc(C#Cc2cc(N(C)C)c3c(c2O)C(O)=C2C(=O)C4(O)CC(C(N)=O)=C(O)C(N(C)C)C4CC2C3)cc1. The van der Waals surface area contributed by atoms with Crippen molar-refractivity contribution in [3.05, 3.63) is 75.1 Å². The number of nitrogens with zero attached hydrogens (tertiary/aromatic N) is 2. The average Bonchev–Trinajstić information content (AvgIpc) is 2.89. The minimum absolute atomic E-state index is 0.00242. The monoisotopic (exact) mass is 557 g/mol. The van der Waals surface area contributed by atoms with Crippen LogP contribution in [0.15, 0.2) is 47.2 Å². The van der Waals surface area contributed by atoms with Crippen molar-refractivity contribution in [1.29, 1.82) is 0 Å². The molecule has 3 aliphatic rings. The number of phenolic OH excluding ortho intramolecular Hbond substituents is 1. The number of fused-ring (bicyclic) bond motifs is 3. The number of carbonyl (C=O) groups excluding carboxylic acids is 2. The van der Waals surface area contributed by atoms with Crippen LogP contribution >= 0.6 is 0 Å². The molecule has 0 aromatic heterocycles. The molecule has 1 amide bonds. The first-order valence-electron chi connectivity index (χ1n) is 13.5. The summed E-state index contributed by atoms with van der Waals surface area (Å²) in [5.74, 6) is 2.24. The standard InChI is InChI=1S/C32H35N3O6/c1-16-6-8-17(9-7-16)10-11-18-14-23(34(2)3)20-12-19-13-22-26(35(4)5)28(37)21(31(33)40)15-32(22,41)30(39)24(19)29(38)25(20)27(18)36/h6-9,14,19,22,26,36-38,41H,12-13,15H2,1-5H3,(H2,33,40). The maximum atomic E-state index is 14.1. The molecule has 9 nitrogen and oxygen atoms in total. The van der Waals surface area contributed by atoms with E-state index in [1.807, 2.05) is 50.2 Å². The molecule has 1 saturated carbocycles. The summed E-state index contributed by atoms with van der Waals surface area (Å²) in [6.07, 6.45) is 0.102. The molecule has 41 heavy (non-hydrogen) atoms. The zero-order valence-electron chi connectivity index (χ0n) is 23.8. The summed E-state index contributed by atoms with van der Waals surface area (Å²) >= 11 is 0. The fraction of sp³-hybridized carbons (Fsp3) is 0.375. The van der Waals surface area contributed by atoms with Gasteiger partial charge in [0.1, 0.15) is 22.9 Å². The van der Waals surface area contributed by atoms with E-state index in [4.69, 9.17) is 5.73 Å². The van der Waals surface area contributed by atoms with Crippen LogP contribution in [-0.2, 0) is 16.0 Å². The molecule has 0 heterocycles. The number of hydrogen-bond acceptors (Lipinski definition) is 8. The largest absolute Gasteiger partial charge is 0.510 e. The van der Waals surface area contributed by atoms with E-state index >= 15 is 0 Å². The molecule has 4 unspecified atom stereocenters. The van der Waals surface area contributed by atoms with Crippen LogP contribution in [0.25, 0.3) is 5.76 Å². The Balaban J connectivity index is 1.67. The maximum absolute atomic E-state index is 14.1. The first-order valence-corrected chi connectivity index (χ1v) is 13.5. The van der Waals surface area contributed by atoms with E-state index in [0.29, 0.717) is 12.0 Å². The third-order valence-corrected chi connectivity index (χ3v) is 8.67. The van der Waals surface area contributed by atoms with E-state index in [1.165, 1.54) is 0 Å². The van der Waals surface area contributed by atoms with Crippen LogP contribution in [0, 0.1) is 30.6 Å². The molecule has 3 aliphatic carbocycles. The Labute approximate surface area is 239 Å². The molecule has 4 atom stereocenters. The van der Waals surface area contributed by atoms with Crippen molar-refractivity contribution in [1.82, 2.24) is 4.90 Å². The van der Waals surface area contributed by atoms with Gasteiger partial charge in [0, 0.05) is 43.3 Å². The second kappa shape index (κ2) is 9.98. The molecule has 0 saturated heterocycles. The smallest absolute Gasteiger partial charge is 0.248 e. The lowest BCUT2D eigenvalue weighted by Gasteiger charge is -2.51. The summed E-state index contributed by atoms with van der Waals surface area (Å²) in [6, 6.07) is 8.58. The summed E-state index contributed by atoms with van der Waals surface area (Å²) in [5, 5.41) is 45.8. The van der Waals surface area contributed by atoms with E-state index in [1.54, 1.807) is 25.1 Å². The molecule has 5 rings (SSSR count). The predicted octanol–water partition coefficient (Wildman–Crippen LogP) is 2.56. The van der Waals surface area contributed by atoms with Crippen molar-refractivity contribution in [3.8, 4) is 17.6 Å². The molecule has 2 aromatic rings. The molecule has 0 bridgehead atoms. The highest BCUT2D eigenvalue weighted by Crippen LogP contribution is 2.54. The minimum atomic E-state index is -2.08. The fourth-order valence-corrected chi connectivity index (χ4v) is 6.65. The minimum Gasteiger partial charge on any atom is -0.510 e. The number of likely N-dealkylation sites (N-methyl/N-ethyl adjacent to an activating group) is 1. The number of carbonyl (C=O) groups is 2. The highest BCUT2D eigenvalue weighted by atomic mass is 16.3. The van der Waals surface area contributed by atoms with Crippen LogP contribution < -0.4 is 10.6 Å². The molecule has 0 spiro atoms. The van der Waals surface area contributed by atoms with Crippen molar-refractivity contribution < 1.29 is 30.0 Å². The summed E-state index contributed by atoms with van der Waals surface area (Å²) in [4.78, 5) is 29.8. The number of anilines is 1. The third-order valence-electron chi connectivity index (χ3n) is 8.67. The van der Waals surface area contributed by atoms with Gasteiger partial charge in [-0.25, -0.2) is 0 Å². The van der Waals surface area contributed by atoms with Crippen LogP contribution in [0.4, 0.5) is 5.69 Å². The van der Waals surface area contributed by atoms with Gasteiger partial charge in [0.25, 0.3) is 0 Å². The number of aliphatic hydroxyl groups is 3. The van der Waals surface area contributed by atoms with Gasteiger partial charge in [-0.05, 0) is 63.5 Å². The number of rotatable bonds is 3. The number of amides is 1. The normalized spacial score (nSPS) is 25.2. The number of benzene rings is 2. The van der Waals surface area contributed by atoms with Gasteiger partial charge in [0.05, 0.1) is 22.7 Å². The number of aliphatic hydroxyl groups excluding tert-OH is 2. The predicted molar refractivity (Wildman–Crippen MR) is 155 cm³/mol. The fourth-order valence-electron chi connectivity index (χ4n) is 6.65.